The zero-order valence-electron chi connectivity index (χ0n) is 22.6. The molecule has 8 nitrogen and oxygen atoms in total. The van der Waals surface area contributed by atoms with Gasteiger partial charge in [0.1, 0.15) is 19.0 Å². The monoisotopic (exact) mass is 529 g/mol. The highest BCUT2D eigenvalue weighted by Crippen LogP contribution is 2.45. The first-order chi connectivity index (χ1) is 18.6. The van der Waals surface area contributed by atoms with E-state index in [1.807, 2.05) is 24.3 Å². The normalized spacial score (nSPS) is 18.3. The number of benzene rings is 3. The Bertz CT molecular complexity index is 1470. The molecule has 3 aromatic rings. The van der Waals surface area contributed by atoms with E-state index in [0.717, 1.165) is 5.56 Å². The summed E-state index contributed by atoms with van der Waals surface area (Å²) in [5.74, 6) is 0.0640. The quantitative estimate of drug-likeness (QED) is 0.269. The number of ketones is 1. The second-order valence-corrected chi connectivity index (χ2v) is 10.4. The molecule has 1 N–H and O–H groups in total. The fourth-order valence-corrected chi connectivity index (χ4v) is 4.90. The molecule has 1 atom stereocenters. The van der Waals surface area contributed by atoms with Crippen LogP contribution in [0.4, 0.5) is 5.69 Å². The van der Waals surface area contributed by atoms with Gasteiger partial charge in [-0.2, -0.15) is 0 Å². The molecule has 0 aromatic heterocycles. The van der Waals surface area contributed by atoms with Gasteiger partial charge in [0.15, 0.2) is 23.0 Å². The predicted molar refractivity (Wildman–Crippen MR) is 147 cm³/mol. The summed E-state index contributed by atoms with van der Waals surface area (Å²) in [6, 6.07) is 16.8. The molecule has 2 aliphatic rings. The van der Waals surface area contributed by atoms with E-state index in [-0.39, 0.29) is 16.7 Å². The maximum atomic E-state index is 13.6. The topological polar surface area (TPSA) is 94.5 Å². The number of hydrogen-bond acceptors (Lipinski definition) is 7. The lowest BCUT2D eigenvalue weighted by molar-refractivity contribution is -0.132. The van der Waals surface area contributed by atoms with Crippen molar-refractivity contribution in [2.75, 3.05) is 32.3 Å². The van der Waals surface area contributed by atoms with Crippen LogP contribution in [0, 0.1) is 0 Å². The minimum absolute atomic E-state index is 0.0226. The molecule has 0 bridgehead atoms. The van der Waals surface area contributed by atoms with Crippen LogP contribution in [0.1, 0.15) is 43.5 Å². The lowest BCUT2D eigenvalue weighted by Gasteiger charge is -2.28. The number of anilines is 1. The number of fused-ring (bicyclic) bond motifs is 1. The van der Waals surface area contributed by atoms with Gasteiger partial charge in [-0.25, -0.2) is 0 Å². The van der Waals surface area contributed by atoms with Crippen molar-refractivity contribution in [1.29, 1.82) is 0 Å². The van der Waals surface area contributed by atoms with Crippen LogP contribution in [0.5, 0.6) is 23.0 Å². The number of nitrogens with zero attached hydrogens (tertiary/aromatic N) is 1. The number of aliphatic hydroxyl groups excluding tert-OH is 1. The molecular formula is C31H31NO7. The molecule has 0 radical (unpaired) electrons. The molecule has 1 saturated heterocycles. The standard InChI is InChI=1S/C31H31NO7/c1-31(2,3)20-9-6-18(7-10-20)27-26(28(33)19-8-12-22(36-4)24(16-19)37-5)29(34)30(35)32(27)21-11-13-23-25(17-21)39-15-14-38-23/h6-13,16-17,27,33H,14-15H2,1-5H3/b28-26+. The summed E-state index contributed by atoms with van der Waals surface area (Å²) in [5.41, 5.74) is 2.45. The number of ether oxygens (including phenoxy) is 4. The maximum Gasteiger partial charge on any atom is 0.300 e. The highest BCUT2D eigenvalue weighted by molar-refractivity contribution is 6.51. The van der Waals surface area contributed by atoms with E-state index in [4.69, 9.17) is 18.9 Å². The van der Waals surface area contributed by atoms with Gasteiger partial charge in [-0.05, 0) is 46.9 Å². The molecule has 2 aliphatic heterocycles. The van der Waals surface area contributed by atoms with Crippen LogP contribution in [0.2, 0.25) is 0 Å². The van der Waals surface area contributed by atoms with Gasteiger partial charge in [-0.3, -0.25) is 14.5 Å². The fourth-order valence-electron chi connectivity index (χ4n) is 4.90. The van der Waals surface area contributed by atoms with Gasteiger partial charge < -0.3 is 24.1 Å². The van der Waals surface area contributed by atoms with Gasteiger partial charge in [0, 0.05) is 17.3 Å². The Morgan fingerprint density at radius 2 is 1.54 bits per heavy atom. The van der Waals surface area contributed by atoms with Crippen LogP contribution < -0.4 is 23.8 Å². The Balaban J connectivity index is 1.69. The van der Waals surface area contributed by atoms with E-state index in [2.05, 4.69) is 20.8 Å². The van der Waals surface area contributed by atoms with Crippen molar-refractivity contribution in [1.82, 2.24) is 0 Å². The molecule has 39 heavy (non-hydrogen) atoms. The third kappa shape index (κ3) is 4.67. The van der Waals surface area contributed by atoms with Gasteiger partial charge in [0.25, 0.3) is 11.7 Å². The number of methoxy groups -OCH3 is 2. The molecule has 0 saturated carbocycles. The summed E-state index contributed by atoms with van der Waals surface area (Å²) in [6.45, 7) is 7.15. The summed E-state index contributed by atoms with van der Waals surface area (Å²) < 4.78 is 22.1. The number of amides is 1. The van der Waals surface area contributed by atoms with Crippen LogP contribution in [0.15, 0.2) is 66.2 Å². The van der Waals surface area contributed by atoms with Gasteiger partial charge in [0.2, 0.25) is 0 Å². The second-order valence-electron chi connectivity index (χ2n) is 10.4. The largest absolute Gasteiger partial charge is 0.507 e. The molecule has 2 heterocycles. The van der Waals surface area contributed by atoms with Gasteiger partial charge in [-0.15, -0.1) is 0 Å². The maximum absolute atomic E-state index is 13.6. The number of carbonyl (C=O) groups excluding carboxylic acids is 2. The van der Waals surface area contributed by atoms with Crippen molar-refractivity contribution in [3.05, 3.63) is 82.9 Å². The Hall–Kier alpha value is -4.46. The lowest BCUT2D eigenvalue weighted by Crippen LogP contribution is -2.29. The van der Waals surface area contributed by atoms with Gasteiger partial charge in [-0.1, -0.05) is 45.0 Å². The van der Waals surface area contributed by atoms with Crippen LogP contribution in [-0.2, 0) is 15.0 Å². The highest BCUT2D eigenvalue weighted by Gasteiger charge is 2.47. The Kier molecular flexibility index (Phi) is 6.72. The summed E-state index contributed by atoms with van der Waals surface area (Å²) in [5, 5.41) is 11.5. The SMILES string of the molecule is COc1ccc(/C(O)=C2\C(=O)C(=O)N(c3ccc4c(c3)OCCO4)C2c2ccc(C(C)(C)C)cc2)cc1OC. The Morgan fingerprint density at radius 1 is 0.872 bits per heavy atom. The van der Waals surface area contributed by atoms with E-state index in [9.17, 15) is 14.7 Å². The third-order valence-corrected chi connectivity index (χ3v) is 7.00. The van der Waals surface area contributed by atoms with Crippen LogP contribution in [-0.4, -0.2) is 44.2 Å². The first-order valence-electron chi connectivity index (χ1n) is 12.7. The Labute approximate surface area is 227 Å². The number of aliphatic hydroxyl groups is 1. The first-order valence-corrected chi connectivity index (χ1v) is 12.7. The Morgan fingerprint density at radius 3 is 2.18 bits per heavy atom. The molecule has 0 aliphatic carbocycles. The van der Waals surface area contributed by atoms with Crippen molar-refractivity contribution >= 4 is 23.1 Å². The van der Waals surface area contributed by atoms with Crippen molar-refractivity contribution in [2.24, 2.45) is 0 Å². The molecule has 5 rings (SSSR count). The number of Topliss-reactive ketones (excluding diaryl/α,β-unsaturated/α-hetero) is 1. The van der Waals surface area contributed by atoms with Gasteiger partial charge in [0.05, 0.1) is 25.8 Å². The van der Waals surface area contributed by atoms with Crippen molar-refractivity contribution < 1.29 is 33.6 Å². The molecular weight excluding hydrogens is 498 g/mol. The minimum atomic E-state index is -0.880. The van der Waals surface area contributed by atoms with Crippen LogP contribution in [0.3, 0.4) is 0 Å². The smallest absolute Gasteiger partial charge is 0.300 e. The van der Waals surface area contributed by atoms with Crippen molar-refractivity contribution in [3.63, 3.8) is 0 Å². The van der Waals surface area contributed by atoms with Crippen LogP contribution in [0.25, 0.3) is 5.76 Å². The molecule has 8 heteroatoms. The van der Waals surface area contributed by atoms with E-state index in [0.29, 0.717) is 53.0 Å². The van der Waals surface area contributed by atoms with E-state index < -0.39 is 17.7 Å². The van der Waals surface area contributed by atoms with Gasteiger partial charge >= 0.3 is 0 Å². The summed E-state index contributed by atoms with van der Waals surface area (Å²) in [7, 11) is 3.00. The fraction of sp³-hybridized carbons (Fsp3) is 0.290. The van der Waals surface area contributed by atoms with Crippen LogP contribution >= 0.6 is 0 Å². The minimum Gasteiger partial charge on any atom is -0.507 e. The average Bonchev–Trinajstić information content (AvgIpc) is 3.21. The molecule has 1 fully saturated rings. The van der Waals surface area contributed by atoms with E-state index in [1.165, 1.54) is 19.1 Å². The number of carbonyl (C=O) groups is 2. The summed E-state index contributed by atoms with van der Waals surface area (Å²) in [4.78, 5) is 28.5. The molecule has 1 amide bonds. The third-order valence-electron chi connectivity index (χ3n) is 7.00. The zero-order valence-corrected chi connectivity index (χ0v) is 22.6. The molecule has 1 unspecified atom stereocenters. The van der Waals surface area contributed by atoms with Crippen molar-refractivity contribution in [3.8, 4) is 23.0 Å². The highest BCUT2D eigenvalue weighted by atomic mass is 16.6. The average molecular weight is 530 g/mol. The number of rotatable bonds is 5. The number of hydrogen-bond donors (Lipinski definition) is 1. The lowest BCUT2D eigenvalue weighted by atomic mass is 9.85. The summed E-state index contributed by atoms with van der Waals surface area (Å²) >= 11 is 0. The second kappa shape index (κ2) is 10.0. The zero-order chi connectivity index (χ0) is 27.9. The van der Waals surface area contributed by atoms with Crippen molar-refractivity contribution in [2.45, 2.75) is 32.2 Å². The summed E-state index contributed by atoms with van der Waals surface area (Å²) in [6.07, 6.45) is 0. The predicted octanol–water partition coefficient (Wildman–Crippen LogP) is 5.40. The molecule has 3 aromatic carbocycles. The first kappa shape index (κ1) is 26.2. The van der Waals surface area contributed by atoms with E-state index in [1.54, 1.807) is 36.4 Å². The molecule has 202 valence electrons. The van der Waals surface area contributed by atoms with E-state index >= 15 is 0 Å². The molecule has 0 spiro atoms.